The molecule has 4 aromatic rings. The van der Waals surface area contributed by atoms with E-state index in [0.717, 1.165) is 11.1 Å². The molecule has 0 unspecified atom stereocenters. The van der Waals surface area contributed by atoms with Crippen molar-refractivity contribution in [1.29, 1.82) is 0 Å². The number of hydrogen-bond donors (Lipinski definition) is 1. The summed E-state index contributed by atoms with van der Waals surface area (Å²) in [6, 6.07) is 18.6. The van der Waals surface area contributed by atoms with E-state index < -0.39 is 17.2 Å². The average Bonchev–Trinajstić information content (AvgIpc) is 3.36. The molecule has 0 aliphatic carbocycles. The molecule has 0 aliphatic heterocycles. The summed E-state index contributed by atoms with van der Waals surface area (Å²) in [6.07, 6.45) is 2.96. The van der Waals surface area contributed by atoms with E-state index in [0.29, 0.717) is 5.82 Å². The SMILES string of the molecule is CC(C)n1cc(C(=O)NCc2ccccc2)c(=O)c(C(=O)N(C)Cc2nc(-c3ccccc3)no2)c1. The van der Waals surface area contributed by atoms with Gasteiger partial charge in [-0.1, -0.05) is 65.8 Å². The van der Waals surface area contributed by atoms with Crippen LogP contribution in [0.15, 0.2) is 82.4 Å². The first kappa shape index (κ1) is 24.6. The van der Waals surface area contributed by atoms with E-state index in [2.05, 4.69) is 15.5 Å². The Morgan fingerprint density at radius 3 is 2.31 bits per heavy atom. The van der Waals surface area contributed by atoms with E-state index in [9.17, 15) is 14.4 Å². The molecule has 9 heteroatoms. The number of amides is 2. The zero-order valence-electron chi connectivity index (χ0n) is 20.3. The quantitative estimate of drug-likeness (QED) is 0.408. The first-order chi connectivity index (χ1) is 17.3. The number of nitrogens with one attached hydrogen (secondary N) is 1. The third-order valence-corrected chi connectivity index (χ3v) is 5.63. The van der Waals surface area contributed by atoms with Gasteiger partial charge >= 0.3 is 0 Å². The topological polar surface area (TPSA) is 110 Å². The molecule has 0 bridgehead atoms. The standard InChI is InChI=1S/C27H27N5O4/c1-18(2)32-15-21(26(34)28-14-19-10-6-4-7-11-19)24(33)22(16-32)27(35)31(3)17-23-29-25(30-36-23)20-12-8-5-9-13-20/h4-13,15-16,18H,14,17H2,1-3H3,(H,28,34). The van der Waals surface area contributed by atoms with Crippen LogP contribution >= 0.6 is 0 Å². The van der Waals surface area contributed by atoms with Crippen molar-refractivity contribution in [2.24, 2.45) is 0 Å². The van der Waals surface area contributed by atoms with Crippen LogP contribution in [-0.2, 0) is 13.1 Å². The highest BCUT2D eigenvalue weighted by molar-refractivity contribution is 5.99. The van der Waals surface area contributed by atoms with Gasteiger partial charge in [0.05, 0.1) is 0 Å². The number of carbonyl (C=O) groups is 2. The molecule has 184 valence electrons. The minimum atomic E-state index is -0.634. The van der Waals surface area contributed by atoms with Crippen LogP contribution in [0.1, 0.15) is 52.1 Å². The zero-order valence-corrected chi connectivity index (χ0v) is 20.3. The van der Waals surface area contributed by atoms with E-state index in [1.54, 1.807) is 4.57 Å². The number of hydrogen-bond acceptors (Lipinski definition) is 6. The Balaban J connectivity index is 1.55. The van der Waals surface area contributed by atoms with Gasteiger partial charge in [-0.25, -0.2) is 0 Å². The molecule has 1 N–H and O–H groups in total. The molecule has 0 atom stereocenters. The van der Waals surface area contributed by atoms with Crippen molar-refractivity contribution < 1.29 is 14.1 Å². The highest BCUT2D eigenvalue weighted by Crippen LogP contribution is 2.16. The Labute approximate surface area is 208 Å². The van der Waals surface area contributed by atoms with Crippen LogP contribution in [-0.4, -0.2) is 38.5 Å². The minimum absolute atomic E-state index is 0.00418. The molecule has 0 fully saturated rings. The van der Waals surface area contributed by atoms with Gasteiger partial charge in [0.2, 0.25) is 17.1 Å². The van der Waals surface area contributed by atoms with E-state index in [1.807, 2.05) is 74.5 Å². The van der Waals surface area contributed by atoms with Gasteiger partial charge < -0.3 is 19.3 Å². The number of rotatable bonds is 8. The van der Waals surface area contributed by atoms with Crippen LogP contribution in [0.4, 0.5) is 0 Å². The summed E-state index contributed by atoms with van der Waals surface area (Å²) in [5.41, 5.74) is 0.848. The summed E-state index contributed by atoms with van der Waals surface area (Å²) >= 11 is 0. The molecule has 0 radical (unpaired) electrons. The van der Waals surface area contributed by atoms with E-state index in [4.69, 9.17) is 4.52 Å². The Morgan fingerprint density at radius 1 is 1.00 bits per heavy atom. The number of nitrogens with zero attached hydrogens (tertiary/aromatic N) is 4. The van der Waals surface area contributed by atoms with Crippen molar-refractivity contribution >= 4 is 11.8 Å². The lowest BCUT2D eigenvalue weighted by Crippen LogP contribution is -2.36. The van der Waals surface area contributed by atoms with Crippen molar-refractivity contribution in [1.82, 2.24) is 24.9 Å². The van der Waals surface area contributed by atoms with Gasteiger partial charge in [-0.05, 0) is 19.4 Å². The van der Waals surface area contributed by atoms with Gasteiger partial charge in [-0.15, -0.1) is 0 Å². The molecule has 2 amide bonds. The van der Waals surface area contributed by atoms with Gasteiger partial charge in [-0.2, -0.15) is 4.98 Å². The number of carbonyl (C=O) groups excluding carboxylic acids is 2. The lowest BCUT2D eigenvalue weighted by atomic mass is 10.1. The zero-order chi connectivity index (χ0) is 25.7. The Bertz CT molecular complexity index is 1410. The molecular weight excluding hydrogens is 458 g/mol. The van der Waals surface area contributed by atoms with Crippen LogP contribution in [0, 0.1) is 0 Å². The van der Waals surface area contributed by atoms with Crippen molar-refractivity contribution in [3.8, 4) is 11.4 Å². The van der Waals surface area contributed by atoms with E-state index in [1.165, 1.54) is 24.3 Å². The number of aromatic nitrogens is 3. The Kier molecular flexibility index (Phi) is 7.39. The molecule has 36 heavy (non-hydrogen) atoms. The Hall–Kier alpha value is -4.53. The maximum atomic E-state index is 13.3. The normalized spacial score (nSPS) is 10.9. The second-order valence-electron chi connectivity index (χ2n) is 8.66. The predicted molar refractivity (Wildman–Crippen MR) is 134 cm³/mol. The molecule has 4 rings (SSSR count). The van der Waals surface area contributed by atoms with Crippen molar-refractivity contribution in [3.63, 3.8) is 0 Å². The maximum Gasteiger partial charge on any atom is 0.259 e. The second kappa shape index (κ2) is 10.8. The summed E-state index contributed by atoms with van der Waals surface area (Å²) in [6.45, 7) is 4.07. The van der Waals surface area contributed by atoms with Gasteiger partial charge in [0, 0.05) is 37.6 Å². The van der Waals surface area contributed by atoms with Gasteiger partial charge in [0.15, 0.2) is 0 Å². The minimum Gasteiger partial charge on any atom is -0.350 e. The van der Waals surface area contributed by atoms with E-state index >= 15 is 0 Å². The molecule has 9 nitrogen and oxygen atoms in total. The highest BCUT2D eigenvalue weighted by atomic mass is 16.5. The largest absolute Gasteiger partial charge is 0.350 e. The van der Waals surface area contributed by atoms with Crippen LogP contribution in [0.25, 0.3) is 11.4 Å². The lowest BCUT2D eigenvalue weighted by Gasteiger charge is -2.18. The maximum absolute atomic E-state index is 13.3. The predicted octanol–water partition coefficient (Wildman–Crippen LogP) is 3.68. The fourth-order valence-corrected chi connectivity index (χ4v) is 3.59. The first-order valence-corrected chi connectivity index (χ1v) is 11.5. The average molecular weight is 486 g/mol. The van der Waals surface area contributed by atoms with Crippen molar-refractivity contribution in [2.45, 2.75) is 33.0 Å². The third-order valence-electron chi connectivity index (χ3n) is 5.63. The van der Waals surface area contributed by atoms with Crippen LogP contribution in [0.3, 0.4) is 0 Å². The molecule has 2 heterocycles. The number of benzene rings is 2. The van der Waals surface area contributed by atoms with Crippen LogP contribution in [0.2, 0.25) is 0 Å². The smallest absolute Gasteiger partial charge is 0.259 e. The fraction of sp³-hybridized carbons (Fsp3) is 0.222. The monoisotopic (exact) mass is 485 g/mol. The number of pyridine rings is 1. The van der Waals surface area contributed by atoms with Gasteiger partial charge in [0.25, 0.3) is 11.8 Å². The molecule has 0 spiro atoms. The molecule has 0 aliphatic rings. The third kappa shape index (κ3) is 5.57. The Morgan fingerprint density at radius 2 is 1.64 bits per heavy atom. The van der Waals surface area contributed by atoms with Gasteiger partial charge in [-0.3, -0.25) is 14.4 Å². The van der Waals surface area contributed by atoms with E-state index in [-0.39, 0.29) is 36.1 Å². The summed E-state index contributed by atoms with van der Waals surface area (Å²) < 4.78 is 6.98. The summed E-state index contributed by atoms with van der Waals surface area (Å²) in [5.74, 6) is -0.456. The molecule has 2 aromatic carbocycles. The molecule has 0 saturated carbocycles. The van der Waals surface area contributed by atoms with Crippen molar-refractivity contribution in [3.05, 3.63) is 106 Å². The van der Waals surface area contributed by atoms with Crippen molar-refractivity contribution in [2.75, 3.05) is 7.05 Å². The summed E-state index contributed by atoms with van der Waals surface area (Å²) in [7, 11) is 1.54. The fourth-order valence-electron chi connectivity index (χ4n) is 3.59. The lowest BCUT2D eigenvalue weighted by molar-refractivity contribution is 0.0767. The molecule has 2 aromatic heterocycles. The highest BCUT2D eigenvalue weighted by Gasteiger charge is 2.23. The molecule has 0 saturated heterocycles. The second-order valence-corrected chi connectivity index (χ2v) is 8.66. The van der Waals surface area contributed by atoms with Gasteiger partial charge in [0.1, 0.15) is 17.7 Å². The van der Waals surface area contributed by atoms with Crippen LogP contribution < -0.4 is 10.7 Å². The summed E-state index contributed by atoms with van der Waals surface area (Å²) in [5, 5.41) is 6.73. The first-order valence-electron chi connectivity index (χ1n) is 11.5. The van der Waals surface area contributed by atoms with Crippen LogP contribution in [0.5, 0.6) is 0 Å². The summed E-state index contributed by atoms with van der Waals surface area (Å²) in [4.78, 5) is 45.0. The molecular formula is C27H27N5O4.